The summed E-state index contributed by atoms with van der Waals surface area (Å²) >= 11 is 0. The van der Waals surface area contributed by atoms with Crippen LogP contribution >= 0.6 is 0 Å². The van der Waals surface area contributed by atoms with E-state index in [0.717, 1.165) is 19.3 Å². The average Bonchev–Trinajstić information content (AvgIpc) is 2.21. The standard InChI is InChI=1S/C13H23NO3/c1-10(15)8-6-5-7-9-14-11(2)13(3,4)12(16)17/h14H,2,5-9H2,1,3-4H3,(H,16,17). The largest absolute Gasteiger partial charge is 0.481 e. The Labute approximate surface area is 103 Å². The number of ketones is 1. The number of Topliss-reactive ketones (excluding diaryl/α,β-unsaturated/α-hetero) is 1. The average molecular weight is 241 g/mol. The van der Waals surface area contributed by atoms with E-state index >= 15 is 0 Å². The molecule has 0 aliphatic rings. The number of carbonyl (C=O) groups is 2. The SMILES string of the molecule is C=C(NCCCCCC(C)=O)C(C)(C)C(=O)O. The summed E-state index contributed by atoms with van der Waals surface area (Å²) in [5, 5.41) is 12.0. The first-order valence-corrected chi connectivity index (χ1v) is 5.94. The molecule has 4 heteroatoms. The van der Waals surface area contributed by atoms with Crippen LogP contribution in [-0.4, -0.2) is 23.4 Å². The van der Waals surface area contributed by atoms with Gasteiger partial charge in [0.1, 0.15) is 11.2 Å². The second-order valence-electron chi connectivity index (χ2n) is 4.85. The van der Waals surface area contributed by atoms with E-state index in [1.165, 1.54) is 0 Å². The van der Waals surface area contributed by atoms with Crippen molar-refractivity contribution in [3.8, 4) is 0 Å². The van der Waals surface area contributed by atoms with Crippen LogP contribution in [0, 0.1) is 5.41 Å². The molecule has 0 saturated heterocycles. The molecule has 0 unspecified atom stereocenters. The van der Waals surface area contributed by atoms with Gasteiger partial charge in [-0.05, 0) is 33.6 Å². The molecule has 0 atom stereocenters. The minimum Gasteiger partial charge on any atom is -0.481 e. The van der Waals surface area contributed by atoms with Crippen LogP contribution in [0.4, 0.5) is 0 Å². The van der Waals surface area contributed by atoms with Crippen LogP contribution in [0.25, 0.3) is 0 Å². The van der Waals surface area contributed by atoms with Crippen molar-refractivity contribution >= 4 is 11.8 Å². The highest BCUT2D eigenvalue weighted by molar-refractivity contribution is 5.77. The molecule has 0 amide bonds. The summed E-state index contributed by atoms with van der Waals surface area (Å²) in [6.07, 6.45) is 3.41. The lowest BCUT2D eigenvalue weighted by atomic mass is 9.90. The Morgan fingerprint density at radius 1 is 1.24 bits per heavy atom. The summed E-state index contributed by atoms with van der Waals surface area (Å²) in [4.78, 5) is 21.6. The third-order valence-electron chi connectivity index (χ3n) is 2.83. The van der Waals surface area contributed by atoms with Crippen LogP contribution in [-0.2, 0) is 9.59 Å². The lowest BCUT2D eigenvalue weighted by Gasteiger charge is -2.23. The number of carbonyl (C=O) groups excluding carboxylic acids is 1. The molecule has 0 aromatic heterocycles. The molecular weight excluding hydrogens is 218 g/mol. The minimum absolute atomic E-state index is 0.217. The van der Waals surface area contributed by atoms with Gasteiger partial charge in [0.2, 0.25) is 0 Å². The van der Waals surface area contributed by atoms with Gasteiger partial charge < -0.3 is 15.2 Å². The number of rotatable bonds is 9. The van der Waals surface area contributed by atoms with Crippen molar-refractivity contribution < 1.29 is 14.7 Å². The van der Waals surface area contributed by atoms with Gasteiger partial charge in [0, 0.05) is 18.7 Å². The summed E-state index contributed by atoms with van der Waals surface area (Å²) in [6.45, 7) is 9.29. The first-order chi connectivity index (χ1) is 7.78. The summed E-state index contributed by atoms with van der Waals surface area (Å²) in [6, 6.07) is 0. The second kappa shape index (κ2) is 7.09. The summed E-state index contributed by atoms with van der Waals surface area (Å²) < 4.78 is 0. The van der Waals surface area contributed by atoms with Crippen molar-refractivity contribution in [1.29, 1.82) is 0 Å². The molecule has 0 heterocycles. The lowest BCUT2D eigenvalue weighted by Crippen LogP contribution is -2.33. The Balaban J connectivity index is 3.72. The molecule has 0 fully saturated rings. The van der Waals surface area contributed by atoms with E-state index in [1.807, 2.05) is 0 Å². The number of aliphatic carboxylic acids is 1. The minimum atomic E-state index is -0.945. The number of nitrogens with one attached hydrogen (secondary N) is 1. The predicted octanol–water partition coefficient (Wildman–Crippen LogP) is 2.35. The quantitative estimate of drug-likeness (QED) is 0.608. The zero-order valence-electron chi connectivity index (χ0n) is 11.0. The third kappa shape index (κ3) is 6.09. The van der Waals surface area contributed by atoms with E-state index in [2.05, 4.69) is 11.9 Å². The maximum absolute atomic E-state index is 10.9. The summed E-state index contributed by atoms with van der Waals surface area (Å²) in [5.74, 6) is -0.666. The fraction of sp³-hybridized carbons (Fsp3) is 0.692. The van der Waals surface area contributed by atoms with Crippen LogP contribution in [0.2, 0.25) is 0 Å². The Morgan fingerprint density at radius 3 is 2.29 bits per heavy atom. The molecule has 17 heavy (non-hydrogen) atoms. The molecule has 0 bridgehead atoms. The van der Waals surface area contributed by atoms with Crippen LogP contribution in [0.15, 0.2) is 12.3 Å². The number of unbranched alkanes of at least 4 members (excludes halogenated alkanes) is 2. The molecule has 98 valence electrons. The van der Waals surface area contributed by atoms with E-state index in [4.69, 9.17) is 5.11 Å². The van der Waals surface area contributed by atoms with Crippen molar-refractivity contribution in [2.75, 3.05) is 6.54 Å². The van der Waals surface area contributed by atoms with Crippen molar-refractivity contribution in [2.45, 2.75) is 46.5 Å². The molecule has 0 rings (SSSR count). The molecule has 0 spiro atoms. The van der Waals surface area contributed by atoms with Gasteiger partial charge in [-0.1, -0.05) is 13.0 Å². The summed E-state index contributed by atoms with van der Waals surface area (Å²) in [5.41, 5.74) is -0.420. The topological polar surface area (TPSA) is 66.4 Å². The Hall–Kier alpha value is -1.32. The van der Waals surface area contributed by atoms with Gasteiger partial charge in [0.15, 0.2) is 0 Å². The van der Waals surface area contributed by atoms with Crippen molar-refractivity contribution in [3.05, 3.63) is 12.3 Å². The molecular formula is C13H23NO3. The van der Waals surface area contributed by atoms with Gasteiger partial charge in [-0.3, -0.25) is 4.79 Å². The van der Waals surface area contributed by atoms with Crippen molar-refractivity contribution in [2.24, 2.45) is 5.41 Å². The van der Waals surface area contributed by atoms with Crippen molar-refractivity contribution in [1.82, 2.24) is 5.32 Å². The van der Waals surface area contributed by atoms with Crippen LogP contribution in [0.3, 0.4) is 0 Å². The van der Waals surface area contributed by atoms with Gasteiger partial charge in [-0.2, -0.15) is 0 Å². The Kier molecular flexibility index (Phi) is 6.54. The fourth-order valence-electron chi connectivity index (χ4n) is 1.27. The normalized spacial score (nSPS) is 11.0. The Bertz CT molecular complexity index is 295. The van der Waals surface area contributed by atoms with E-state index in [9.17, 15) is 9.59 Å². The van der Waals surface area contributed by atoms with Crippen LogP contribution in [0.1, 0.15) is 46.5 Å². The Morgan fingerprint density at radius 2 is 1.82 bits per heavy atom. The molecule has 0 aliphatic heterocycles. The highest BCUT2D eigenvalue weighted by atomic mass is 16.4. The number of carboxylic acids is 1. The number of carboxylic acid groups (broad SMARTS) is 1. The van der Waals surface area contributed by atoms with Gasteiger partial charge >= 0.3 is 5.97 Å². The van der Waals surface area contributed by atoms with Gasteiger partial charge in [0.25, 0.3) is 0 Å². The lowest BCUT2D eigenvalue weighted by molar-refractivity contribution is -0.145. The number of hydrogen-bond acceptors (Lipinski definition) is 3. The molecule has 0 saturated carbocycles. The molecule has 2 N–H and O–H groups in total. The molecule has 0 radical (unpaired) electrons. The zero-order valence-corrected chi connectivity index (χ0v) is 11.0. The van der Waals surface area contributed by atoms with E-state index in [0.29, 0.717) is 18.7 Å². The third-order valence-corrected chi connectivity index (χ3v) is 2.83. The first kappa shape index (κ1) is 15.7. The molecule has 0 aromatic carbocycles. The predicted molar refractivity (Wildman–Crippen MR) is 67.7 cm³/mol. The molecule has 0 aliphatic carbocycles. The summed E-state index contributed by atoms with van der Waals surface area (Å²) in [7, 11) is 0. The monoisotopic (exact) mass is 241 g/mol. The maximum Gasteiger partial charge on any atom is 0.315 e. The smallest absolute Gasteiger partial charge is 0.315 e. The van der Waals surface area contributed by atoms with Crippen LogP contribution < -0.4 is 5.32 Å². The number of hydrogen-bond donors (Lipinski definition) is 2. The molecule has 4 nitrogen and oxygen atoms in total. The van der Waals surface area contributed by atoms with Crippen molar-refractivity contribution in [3.63, 3.8) is 0 Å². The molecule has 0 aromatic rings. The van der Waals surface area contributed by atoms with Crippen LogP contribution in [0.5, 0.6) is 0 Å². The van der Waals surface area contributed by atoms with E-state index < -0.39 is 11.4 Å². The zero-order chi connectivity index (χ0) is 13.5. The fourth-order valence-corrected chi connectivity index (χ4v) is 1.27. The van der Waals surface area contributed by atoms with Gasteiger partial charge in [0.05, 0.1) is 0 Å². The first-order valence-electron chi connectivity index (χ1n) is 5.94. The second-order valence-corrected chi connectivity index (χ2v) is 4.85. The maximum atomic E-state index is 10.9. The van der Waals surface area contributed by atoms with E-state index in [-0.39, 0.29) is 5.78 Å². The van der Waals surface area contributed by atoms with E-state index in [1.54, 1.807) is 20.8 Å². The van der Waals surface area contributed by atoms with Gasteiger partial charge in [-0.25, -0.2) is 0 Å². The highest BCUT2D eigenvalue weighted by Gasteiger charge is 2.30. The van der Waals surface area contributed by atoms with Gasteiger partial charge in [-0.15, -0.1) is 0 Å². The highest BCUT2D eigenvalue weighted by Crippen LogP contribution is 2.22.